The number of hydrogen-bond donors (Lipinski definition) is 2. The zero-order valence-electron chi connectivity index (χ0n) is 21.2. The first-order valence-corrected chi connectivity index (χ1v) is 14.4. The number of nitrogens with one attached hydrogen (secondary N) is 2. The molecule has 0 aliphatic carbocycles. The summed E-state index contributed by atoms with van der Waals surface area (Å²) in [4.78, 5) is 11.4. The van der Waals surface area contributed by atoms with Crippen LogP contribution in [0.5, 0.6) is 11.5 Å². The maximum absolute atomic E-state index is 12.8. The lowest BCUT2D eigenvalue weighted by Crippen LogP contribution is -2.23. The van der Waals surface area contributed by atoms with Crippen molar-refractivity contribution in [2.24, 2.45) is 0 Å². The Bertz CT molecular complexity index is 1350. The first-order valence-electron chi connectivity index (χ1n) is 11.9. The van der Waals surface area contributed by atoms with Gasteiger partial charge in [-0.3, -0.25) is 0 Å². The second-order valence-corrected chi connectivity index (χ2v) is 12.1. The predicted octanol–water partition coefficient (Wildman–Crippen LogP) is 4.30. The number of sulfonamides is 1. The van der Waals surface area contributed by atoms with E-state index in [2.05, 4.69) is 55.1 Å². The van der Waals surface area contributed by atoms with Crippen LogP contribution >= 0.6 is 22.6 Å². The van der Waals surface area contributed by atoms with E-state index in [4.69, 9.17) is 9.47 Å². The van der Waals surface area contributed by atoms with E-state index in [1.807, 2.05) is 25.1 Å². The van der Waals surface area contributed by atoms with Crippen LogP contribution in [0, 0.1) is 3.57 Å². The monoisotopic (exact) mass is 638 g/mol. The number of benzene rings is 2. The van der Waals surface area contributed by atoms with Crippen LogP contribution in [0.4, 0.5) is 23.1 Å². The van der Waals surface area contributed by atoms with Crippen LogP contribution in [0.25, 0.3) is 0 Å². The SMILES string of the molecule is CCOc1cc(O[C@H]2CCN(C)C2)ccc1Nc1ncc(I)c(Nc2ccccc2S(=O)(=O)N(C)C)n1. The van der Waals surface area contributed by atoms with Gasteiger partial charge in [0.05, 0.1) is 21.6 Å². The average molecular weight is 639 g/mol. The van der Waals surface area contributed by atoms with Crippen LogP contribution < -0.4 is 20.1 Å². The molecule has 0 saturated carbocycles. The van der Waals surface area contributed by atoms with E-state index in [0.717, 1.165) is 28.8 Å². The van der Waals surface area contributed by atoms with Crippen molar-refractivity contribution in [2.45, 2.75) is 24.3 Å². The van der Waals surface area contributed by atoms with Crippen molar-refractivity contribution in [2.75, 3.05) is 51.5 Å². The van der Waals surface area contributed by atoms with Crippen LogP contribution in [0.1, 0.15) is 13.3 Å². The van der Waals surface area contributed by atoms with Crippen LogP contribution in [0.2, 0.25) is 0 Å². The highest BCUT2D eigenvalue weighted by atomic mass is 127. The number of likely N-dealkylation sites (tertiary alicyclic amines) is 1. The molecule has 2 heterocycles. The van der Waals surface area contributed by atoms with Gasteiger partial charge in [0.25, 0.3) is 0 Å². The zero-order valence-corrected chi connectivity index (χ0v) is 24.2. The van der Waals surface area contributed by atoms with E-state index in [-0.39, 0.29) is 11.0 Å². The van der Waals surface area contributed by atoms with E-state index in [1.165, 1.54) is 18.4 Å². The number of hydrogen-bond acceptors (Lipinski definition) is 9. The van der Waals surface area contributed by atoms with Gasteiger partial charge < -0.3 is 25.0 Å². The largest absolute Gasteiger partial charge is 0.492 e. The lowest BCUT2D eigenvalue weighted by Gasteiger charge is -2.18. The maximum Gasteiger partial charge on any atom is 0.244 e. The highest BCUT2D eigenvalue weighted by Gasteiger charge is 2.23. The molecular formula is C25H31IN6O4S. The summed E-state index contributed by atoms with van der Waals surface area (Å²) >= 11 is 2.11. The summed E-state index contributed by atoms with van der Waals surface area (Å²) in [5, 5.41) is 6.38. The van der Waals surface area contributed by atoms with Gasteiger partial charge in [-0.1, -0.05) is 12.1 Å². The minimum absolute atomic E-state index is 0.158. The third-order valence-corrected chi connectivity index (χ3v) is 8.46. The summed E-state index contributed by atoms with van der Waals surface area (Å²) in [6.07, 6.45) is 2.81. The minimum atomic E-state index is -3.65. The standard InChI is InChI=1S/C25H31IN6O4S/c1-5-35-22-14-17(36-18-12-13-32(4)16-18)10-11-20(22)29-25-27-15-19(26)24(30-25)28-21-8-6-7-9-23(21)37(33,34)31(2)3/h6-11,14-15,18H,5,12-13,16H2,1-4H3,(H2,27,28,29,30)/t18-/m0/s1. The van der Waals surface area contributed by atoms with Gasteiger partial charge in [0.1, 0.15) is 28.3 Å². The Kier molecular flexibility index (Phi) is 8.72. The molecule has 10 nitrogen and oxygen atoms in total. The van der Waals surface area contributed by atoms with Gasteiger partial charge in [0.15, 0.2) is 0 Å². The molecule has 0 radical (unpaired) electrons. The van der Waals surface area contributed by atoms with Crippen molar-refractivity contribution < 1.29 is 17.9 Å². The Balaban J connectivity index is 1.57. The molecule has 0 bridgehead atoms. The van der Waals surface area contributed by atoms with Crippen molar-refractivity contribution in [1.82, 2.24) is 19.2 Å². The van der Waals surface area contributed by atoms with Crippen LogP contribution in [0.15, 0.2) is 53.6 Å². The molecule has 2 N–H and O–H groups in total. The molecule has 3 aromatic rings. The first kappa shape index (κ1) is 27.4. The van der Waals surface area contributed by atoms with E-state index in [9.17, 15) is 8.42 Å². The van der Waals surface area contributed by atoms with Gasteiger partial charge in [0.2, 0.25) is 16.0 Å². The van der Waals surface area contributed by atoms with Gasteiger partial charge in [-0.15, -0.1) is 0 Å². The molecule has 1 aliphatic rings. The zero-order chi connectivity index (χ0) is 26.6. The van der Waals surface area contributed by atoms with Crippen molar-refractivity contribution in [3.8, 4) is 11.5 Å². The lowest BCUT2D eigenvalue weighted by molar-refractivity contribution is 0.207. The molecule has 0 spiro atoms. The summed E-state index contributed by atoms with van der Waals surface area (Å²) < 4.78 is 39.5. The summed E-state index contributed by atoms with van der Waals surface area (Å²) in [7, 11) is 1.44. The molecule has 1 aromatic heterocycles. The highest BCUT2D eigenvalue weighted by molar-refractivity contribution is 14.1. The molecule has 1 saturated heterocycles. The summed E-state index contributed by atoms with van der Waals surface area (Å²) in [5.41, 5.74) is 1.12. The second-order valence-electron chi connectivity index (χ2n) is 8.81. The number of anilines is 4. The van der Waals surface area contributed by atoms with Gasteiger partial charge in [-0.2, -0.15) is 4.98 Å². The van der Waals surface area contributed by atoms with Gasteiger partial charge in [0, 0.05) is 39.4 Å². The summed E-state index contributed by atoms with van der Waals surface area (Å²) in [5.74, 6) is 2.19. The molecule has 1 atom stereocenters. The number of likely N-dealkylation sites (N-methyl/N-ethyl adjacent to an activating group) is 1. The average Bonchev–Trinajstić information content (AvgIpc) is 3.27. The maximum atomic E-state index is 12.8. The van der Waals surface area contributed by atoms with E-state index in [1.54, 1.807) is 30.5 Å². The van der Waals surface area contributed by atoms with Crippen LogP contribution in [-0.2, 0) is 10.0 Å². The Morgan fingerprint density at radius 1 is 1.16 bits per heavy atom. The van der Waals surface area contributed by atoms with Gasteiger partial charge >= 0.3 is 0 Å². The number of nitrogens with zero attached hydrogens (tertiary/aromatic N) is 4. The fourth-order valence-corrected chi connectivity index (χ4v) is 5.33. The van der Waals surface area contributed by atoms with Crippen molar-refractivity contribution in [3.63, 3.8) is 0 Å². The molecule has 1 aliphatic heterocycles. The van der Waals surface area contributed by atoms with Crippen LogP contribution in [-0.4, -0.2) is 74.5 Å². The van der Waals surface area contributed by atoms with Crippen molar-refractivity contribution >= 4 is 55.8 Å². The van der Waals surface area contributed by atoms with E-state index < -0.39 is 10.0 Å². The van der Waals surface area contributed by atoms with Gasteiger partial charge in [-0.25, -0.2) is 17.7 Å². The molecule has 0 amide bonds. The Hall–Kier alpha value is -2.68. The molecule has 198 valence electrons. The number of aromatic nitrogens is 2. The molecule has 12 heteroatoms. The number of rotatable bonds is 10. The highest BCUT2D eigenvalue weighted by Crippen LogP contribution is 2.33. The summed E-state index contributed by atoms with van der Waals surface area (Å²) in [6, 6.07) is 12.4. The number of halogens is 1. The minimum Gasteiger partial charge on any atom is -0.492 e. The fraction of sp³-hybridized carbons (Fsp3) is 0.360. The quantitative estimate of drug-likeness (QED) is 0.315. The second kappa shape index (κ2) is 11.8. The van der Waals surface area contributed by atoms with E-state index >= 15 is 0 Å². The normalized spacial score (nSPS) is 16.1. The Morgan fingerprint density at radius 2 is 1.95 bits per heavy atom. The van der Waals surface area contributed by atoms with Gasteiger partial charge in [-0.05, 0) is 67.2 Å². The third-order valence-electron chi connectivity index (χ3n) is 5.79. The van der Waals surface area contributed by atoms with E-state index in [0.29, 0.717) is 35.5 Å². The number of para-hydroxylation sites is 1. The Labute approximate surface area is 231 Å². The fourth-order valence-electron chi connectivity index (χ4n) is 3.89. The molecule has 4 rings (SSSR count). The smallest absolute Gasteiger partial charge is 0.244 e. The third kappa shape index (κ3) is 6.61. The molecule has 37 heavy (non-hydrogen) atoms. The topological polar surface area (TPSA) is 109 Å². The molecule has 1 fully saturated rings. The predicted molar refractivity (Wildman–Crippen MR) is 153 cm³/mol. The molecular weight excluding hydrogens is 607 g/mol. The van der Waals surface area contributed by atoms with Crippen LogP contribution in [0.3, 0.4) is 0 Å². The summed E-state index contributed by atoms with van der Waals surface area (Å²) in [6.45, 7) is 4.33. The molecule has 0 unspecified atom stereocenters. The van der Waals surface area contributed by atoms with Crippen molar-refractivity contribution in [1.29, 1.82) is 0 Å². The first-order chi connectivity index (χ1) is 17.7. The lowest BCUT2D eigenvalue weighted by atomic mass is 10.2. The molecule has 2 aromatic carbocycles. The number of ether oxygens (including phenoxy) is 2. The van der Waals surface area contributed by atoms with Crippen molar-refractivity contribution in [3.05, 3.63) is 52.2 Å². The Morgan fingerprint density at radius 3 is 2.65 bits per heavy atom.